The minimum atomic E-state index is -0.810. The van der Waals surface area contributed by atoms with Gasteiger partial charge in [-0.2, -0.15) is 0 Å². The molecule has 0 radical (unpaired) electrons. The third-order valence-electron chi connectivity index (χ3n) is 3.36. The number of hydrogen-bond donors (Lipinski definition) is 2. The van der Waals surface area contributed by atoms with Crippen LogP contribution in [0.15, 0.2) is 18.2 Å². The molecular formula is C15H19ClFNO3. The Labute approximate surface area is 128 Å². The van der Waals surface area contributed by atoms with Crippen molar-refractivity contribution in [3.05, 3.63) is 34.6 Å². The largest absolute Gasteiger partial charge is 0.481 e. The first kappa shape index (κ1) is 17.4. The number of carbonyl (C=O) groups is 2. The van der Waals surface area contributed by atoms with Crippen molar-refractivity contribution >= 4 is 23.5 Å². The molecule has 1 aromatic carbocycles. The molecule has 0 aliphatic carbocycles. The summed E-state index contributed by atoms with van der Waals surface area (Å²) in [5.41, 5.74) is 0.233. The molecule has 1 amide bonds. The second-order valence-electron chi connectivity index (χ2n) is 4.88. The number of halogens is 2. The predicted molar refractivity (Wildman–Crippen MR) is 79.0 cm³/mol. The third-order valence-corrected chi connectivity index (χ3v) is 3.67. The van der Waals surface area contributed by atoms with E-state index in [0.717, 1.165) is 12.5 Å². The van der Waals surface area contributed by atoms with Crippen LogP contribution in [-0.4, -0.2) is 23.5 Å². The van der Waals surface area contributed by atoms with E-state index in [0.29, 0.717) is 19.4 Å². The van der Waals surface area contributed by atoms with Crippen molar-refractivity contribution in [3.63, 3.8) is 0 Å². The van der Waals surface area contributed by atoms with Crippen LogP contribution < -0.4 is 5.32 Å². The lowest BCUT2D eigenvalue weighted by molar-refractivity contribution is -0.137. The smallest absolute Gasteiger partial charge is 0.303 e. The van der Waals surface area contributed by atoms with Crippen LogP contribution in [0.2, 0.25) is 5.02 Å². The highest BCUT2D eigenvalue weighted by Gasteiger charge is 2.13. The van der Waals surface area contributed by atoms with Crippen molar-refractivity contribution in [1.29, 1.82) is 0 Å². The zero-order valence-corrected chi connectivity index (χ0v) is 12.6. The van der Waals surface area contributed by atoms with Gasteiger partial charge in [-0.05, 0) is 37.0 Å². The molecule has 0 aliphatic heterocycles. The highest BCUT2D eigenvalue weighted by atomic mass is 35.5. The Morgan fingerprint density at radius 2 is 2.10 bits per heavy atom. The topological polar surface area (TPSA) is 66.4 Å². The molecule has 1 unspecified atom stereocenters. The van der Waals surface area contributed by atoms with E-state index in [1.807, 2.05) is 6.92 Å². The molecule has 0 saturated heterocycles. The molecule has 4 nitrogen and oxygen atoms in total. The van der Waals surface area contributed by atoms with E-state index in [1.165, 1.54) is 12.1 Å². The summed E-state index contributed by atoms with van der Waals surface area (Å²) in [5.74, 6) is -1.40. The molecular weight excluding hydrogens is 297 g/mol. The number of carboxylic acids is 1. The molecule has 21 heavy (non-hydrogen) atoms. The summed E-state index contributed by atoms with van der Waals surface area (Å²) in [6.45, 7) is 2.43. The van der Waals surface area contributed by atoms with Crippen molar-refractivity contribution in [2.24, 2.45) is 5.92 Å². The maximum Gasteiger partial charge on any atom is 0.303 e. The van der Waals surface area contributed by atoms with Crippen molar-refractivity contribution in [2.45, 2.75) is 32.6 Å². The first-order valence-corrected chi connectivity index (χ1v) is 7.26. The van der Waals surface area contributed by atoms with E-state index in [4.69, 9.17) is 16.7 Å². The van der Waals surface area contributed by atoms with Crippen LogP contribution in [-0.2, 0) is 4.79 Å². The van der Waals surface area contributed by atoms with Gasteiger partial charge >= 0.3 is 5.97 Å². The van der Waals surface area contributed by atoms with Gasteiger partial charge in [0.2, 0.25) is 0 Å². The van der Waals surface area contributed by atoms with Gasteiger partial charge in [-0.15, -0.1) is 0 Å². The van der Waals surface area contributed by atoms with Gasteiger partial charge in [0.15, 0.2) is 0 Å². The van der Waals surface area contributed by atoms with Crippen LogP contribution in [0.25, 0.3) is 0 Å². The number of nitrogens with one attached hydrogen (secondary N) is 1. The maximum absolute atomic E-state index is 12.9. The summed E-state index contributed by atoms with van der Waals surface area (Å²) in [7, 11) is 0. The molecule has 1 atom stereocenters. The van der Waals surface area contributed by atoms with Crippen molar-refractivity contribution in [2.75, 3.05) is 6.54 Å². The van der Waals surface area contributed by atoms with Gasteiger partial charge in [0.25, 0.3) is 5.91 Å². The van der Waals surface area contributed by atoms with Crippen LogP contribution in [0.4, 0.5) is 4.39 Å². The summed E-state index contributed by atoms with van der Waals surface area (Å²) in [6.07, 6.45) is 2.30. The third kappa shape index (κ3) is 6.12. The normalized spacial score (nSPS) is 12.0. The Hall–Kier alpha value is -1.62. The van der Waals surface area contributed by atoms with E-state index in [-0.39, 0.29) is 28.8 Å². The van der Waals surface area contributed by atoms with Gasteiger partial charge in [-0.3, -0.25) is 9.59 Å². The molecule has 6 heteroatoms. The molecule has 0 heterocycles. The van der Waals surface area contributed by atoms with E-state index in [2.05, 4.69) is 5.32 Å². The summed E-state index contributed by atoms with van der Waals surface area (Å²) < 4.78 is 12.9. The Balaban J connectivity index is 2.43. The first-order valence-electron chi connectivity index (χ1n) is 6.89. The zero-order valence-electron chi connectivity index (χ0n) is 11.9. The molecule has 116 valence electrons. The summed E-state index contributed by atoms with van der Waals surface area (Å²) >= 11 is 5.81. The number of aliphatic carboxylic acids is 1. The fourth-order valence-electron chi connectivity index (χ4n) is 2.04. The predicted octanol–water partition coefficient (Wildman–Crippen LogP) is 3.49. The average molecular weight is 316 g/mol. The van der Waals surface area contributed by atoms with Crippen molar-refractivity contribution in [1.82, 2.24) is 5.32 Å². The summed E-state index contributed by atoms with van der Waals surface area (Å²) in [5, 5.41) is 11.5. The second-order valence-corrected chi connectivity index (χ2v) is 5.28. The monoisotopic (exact) mass is 315 g/mol. The lowest BCUT2D eigenvalue weighted by atomic mass is 9.96. The fraction of sp³-hybridized carbons (Fsp3) is 0.467. The molecule has 0 aliphatic rings. The van der Waals surface area contributed by atoms with Crippen molar-refractivity contribution in [3.8, 4) is 0 Å². The lowest BCUT2D eigenvalue weighted by Crippen LogP contribution is -2.26. The molecule has 0 aromatic heterocycles. The average Bonchev–Trinajstić information content (AvgIpc) is 2.42. The standard InChI is InChI=1S/C15H19ClFNO3/c1-2-10(3-6-14(19)20)7-8-18-15(21)12-5-4-11(17)9-13(12)16/h4-5,9-10H,2-3,6-8H2,1H3,(H,18,21)(H,19,20). The van der Waals surface area contributed by atoms with Crippen LogP contribution in [0.1, 0.15) is 43.0 Å². The van der Waals surface area contributed by atoms with Gasteiger partial charge in [0, 0.05) is 13.0 Å². The minimum absolute atomic E-state index is 0.0745. The van der Waals surface area contributed by atoms with E-state index >= 15 is 0 Å². The Morgan fingerprint density at radius 3 is 2.67 bits per heavy atom. The van der Waals surface area contributed by atoms with Gasteiger partial charge in [-0.25, -0.2) is 4.39 Å². The van der Waals surface area contributed by atoms with Crippen LogP contribution in [0, 0.1) is 11.7 Å². The first-order chi connectivity index (χ1) is 9.93. The van der Waals surface area contributed by atoms with Crippen LogP contribution >= 0.6 is 11.6 Å². The molecule has 0 bridgehead atoms. The molecule has 1 rings (SSSR count). The summed E-state index contributed by atoms with van der Waals surface area (Å²) in [4.78, 5) is 22.4. The molecule has 2 N–H and O–H groups in total. The Morgan fingerprint density at radius 1 is 1.38 bits per heavy atom. The summed E-state index contributed by atoms with van der Waals surface area (Å²) in [6, 6.07) is 3.62. The number of carboxylic acid groups (broad SMARTS) is 1. The Kier molecular flexibility index (Phi) is 7.15. The van der Waals surface area contributed by atoms with E-state index in [1.54, 1.807) is 0 Å². The number of benzene rings is 1. The maximum atomic E-state index is 12.9. The zero-order chi connectivity index (χ0) is 15.8. The molecule has 0 fully saturated rings. The van der Waals surface area contributed by atoms with Gasteiger partial charge in [0.1, 0.15) is 5.82 Å². The highest BCUT2D eigenvalue weighted by molar-refractivity contribution is 6.33. The number of hydrogen-bond acceptors (Lipinski definition) is 2. The Bertz CT molecular complexity index is 508. The van der Waals surface area contributed by atoms with Crippen molar-refractivity contribution < 1.29 is 19.1 Å². The molecule has 0 saturated carbocycles. The van der Waals surface area contributed by atoms with Crippen LogP contribution in [0.3, 0.4) is 0 Å². The number of carbonyl (C=O) groups excluding carboxylic acids is 1. The lowest BCUT2D eigenvalue weighted by Gasteiger charge is -2.14. The van der Waals surface area contributed by atoms with E-state index in [9.17, 15) is 14.0 Å². The SMILES string of the molecule is CCC(CCNC(=O)c1ccc(F)cc1Cl)CCC(=O)O. The molecule has 0 spiro atoms. The highest BCUT2D eigenvalue weighted by Crippen LogP contribution is 2.18. The fourth-order valence-corrected chi connectivity index (χ4v) is 2.29. The second kappa shape index (κ2) is 8.62. The van der Waals surface area contributed by atoms with Gasteiger partial charge < -0.3 is 10.4 Å². The quantitative estimate of drug-likeness (QED) is 0.771. The number of amides is 1. The van der Waals surface area contributed by atoms with Crippen LogP contribution in [0.5, 0.6) is 0 Å². The minimum Gasteiger partial charge on any atom is -0.481 e. The van der Waals surface area contributed by atoms with Gasteiger partial charge in [0.05, 0.1) is 10.6 Å². The number of rotatable bonds is 8. The van der Waals surface area contributed by atoms with Gasteiger partial charge in [-0.1, -0.05) is 24.9 Å². The van der Waals surface area contributed by atoms with E-state index < -0.39 is 11.8 Å². The molecule has 1 aromatic rings.